The van der Waals surface area contributed by atoms with Crippen LogP contribution in [0.5, 0.6) is 5.75 Å². The van der Waals surface area contributed by atoms with Gasteiger partial charge < -0.3 is 31.5 Å². The molecule has 0 radical (unpaired) electrons. The molecule has 1 aromatic carbocycles. The molecule has 0 saturated heterocycles. The molecule has 11 heteroatoms. The number of carbonyl (C=O) groups is 3. The molecule has 0 bridgehead atoms. The van der Waals surface area contributed by atoms with Crippen LogP contribution in [0.25, 0.3) is 22.3 Å². The minimum absolute atomic E-state index is 0.0110. The molecule has 7 rings (SSSR count). The summed E-state index contributed by atoms with van der Waals surface area (Å²) >= 11 is 0. The van der Waals surface area contributed by atoms with Crippen molar-refractivity contribution in [3.05, 3.63) is 71.7 Å². The van der Waals surface area contributed by atoms with Gasteiger partial charge in [0.2, 0.25) is 11.8 Å². The van der Waals surface area contributed by atoms with Crippen LogP contribution in [0, 0.1) is 46.3 Å². The Bertz CT molecular complexity index is 2150. The molecule has 4 aliphatic carbocycles. The number of allylic oxidation sites excluding steroid dienone is 1. The molecule has 352 valence electrons. The molecule has 0 aliphatic heterocycles. The van der Waals surface area contributed by atoms with Crippen molar-refractivity contribution in [2.75, 3.05) is 32.0 Å². The average Bonchev–Trinajstić information content (AvgIpc) is 3.65. The number of hydrogen-bond acceptors (Lipinski definition) is 8. The van der Waals surface area contributed by atoms with Crippen LogP contribution in [0.2, 0.25) is 0 Å². The van der Waals surface area contributed by atoms with E-state index < -0.39 is 0 Å². The standard InChI is InChI=1S/C54H76N6O5/c1-7-41-43(32-60-51(55)50(41)36-12-16-39(61)17-13-36)37-14-21-47(59-31-37)52(64)58-28-9-27-56-48(62)24-29-57-49(63)33-65-40-22-25-53(5)38(30-40)15-18-42-45-20-19-44(35(4)11-8-10-34(2)3)54(45,6)26-23-46(42)53/h12-17,21,31-32,34-35,40,42,44-46,61H,7-11,18-20,22-30,33H2,1-6H3,(H2,55,60)(H,56,62)(H,57,63)(H,58,64)/t35-,40+,42+,44-,45+,46?,53+,54-/m1/s1. The van der Waals surface area contributed by atoms with Crippen molar-refractivity contribution in [2.45, 2.75) is 138 Å². The third-order valence-corrected chi connectivity index (χ3v) is 16.4. The van der Waals surface area contributed by atoms with Gasteiger partial charge in [-0.2, -0.15) is 0 Å². The fourth-order valence-corrected chi connectivity index (χ4v) is 12.9. The SMILES string of the molecule is CCc1c(-c2ccc(C(=O)NCCCNC(=O)CCNC(=O)CO[C@H]3CC[C@@]4(C)C(=CC[C@@H]5C4CC[C@]4(C)[C@@H]([C@H](C)CCCC(C)C)CC[C@@H]54)C3)nc2)cnc(N)c1-c1ccc(O)cc1. The van der Waals surface area contributed by atoms with E-state index in [1.54, 1.807) is 36.2 Å². The monoisotopic (exact) mass is 889 g/mol. The first-order valence-electron chi connectivity index (χ1n) is 24.9. The molecule has 6 N–H and O–H groups in total. The van der Waals surface area contributed by atoms with Gasteiger partial charge in [0.1, 0.15) is 23.9 Å². The third-order valence-electron chi connectivity index (χ3n) is 16.4. The quantitative estimate of drug-likeness (QED) is 0.0586. The summed E-state index contributed by atoms with van der Waals surface area (Å²) in [6, 6.07) is 10.4. The summed E-state index contributed by atoms with van der Waals surface area (Å²) in [4.78, 5) is 47.0. The largest absolute Gasteiger partial charge is 0.508 e. The van der Waals surface area contributed by atoms with E-state index in [4.69, 9.17) is 10.5 Å². The Morgan fingerprint density at radius 1 is 0.846 bits per heavy atom. The summed E-state index contributed by atoms with van der Waals surface area (Å²) in [7, 11) is 0. The number of anilines is 1. The highest BCUT2D eigenvalue weighted by atomic mass is 16.5. The maximum Gasteiger partial charge on any atom is 0.269 e. The maximum absolute atomic E-state index is 12.9. The van der Waals surface area contributed by atoms with Gasteiger partial charge in [-0.05, 0) is 140 Å². The smallest absolute Gasteiger partial charge is 0.269 e. The summed E-state index contributed by atoms with van der Waals surface area (Å²) in [5.74, 6) is 4.83. The minimum atomic E-state index is -0.304. The summed E-state index contributed by atoms with van der Waals surface area (Å²) in [5.41, 5.74) is 13.2. The average molecular weight is 889 g/mol. The summed E-state index contributed by atoms with van der Waals surface area (Å²) in [6.07, 6.45) is 21.3. The van der Waals surface area contributed by atoms with Gasteiger partial charge in [-0.15, -0.1) is 0 Å². The Hall–Kier alpha value is -4.77. The number of aromatic nitrogens is 2. The zero-order valence-electron chi connectivity index (χ0n) is 40.0. The lowest BCUT2D eigenvalue weighted by atomic mass is 9.47. The first-order chi connectivity index (χ1) is 31.2. The van der Waals surface area contributed by atoms with Gasteiger partial charge >= 0.3 is 0 Å². The van der Waals surface area contributed by atoms with Gasteiger partial charge in [-0.3, -0.25) is 19.4 Å². The topological polar surface area (TPSA) is 169 Å². The zero-order valence-corrected chi connectivity index (χ0v) is 40.0. The molecular weight excluding hydrogens is 813 g/mol. The molecule has 3 aromatic rings. The van der Waals surface area contributed by atoms with Crippen LogP contribution in [-0.2, 0) is 20.7 Å². The lowest BCUT2D eigenvalue weighted by molar-refractivity contribution is -0.129. The predicted octanol–water partition coefficient (Wildman–Crippen LogP) is 9.83. The van der Waals surface area contributed by atoms with E-state index in [9.17, 15) is 19.5 Å². The molecule has 8 atom stereocenters. The number of nitrogens with one attached hydrogen (secondary N) is 3. The number of nitrogen functional groups attached to an aromatic ring is 1. The molecule has 3 fully saturated rings. The van der Waals surface area contributed by atoms with Crippen molar-refractivity contribution in [1.82, 2.24) is 25.9 Å². The highest BCUT2D eigenvalue weighted by molar-refractivity contribution is 5.93. The first kappa shape index (κ1) is 48.2. The van der Waals surface area contributed by atoms with E-state index in [-0.39, 0.29) is 60.3 Å². The van der Waals surface area contributed by atoms with Gasteiger partial charge in [0.05, 0.1) is 6.10 Å². The number of pyridine rings is 2. The molecule has 11 nitrogen and oxygen atoms in total. The van der Waals surface area contributed by atoms with Crippen molar-refractivity contribution >= 4 is 23.5 Å². The van der Waals surface area contributed by atoms with Crippen LogP contribution in [-0.4, -0.2) is 65.1 Å². The van der Waals surface area contributed by atoms with Crippen molar-refractivity contribution < 1.29 is 24.2 Å². The van der Waals surface area contributed by atoms with Crippen molar-refractivity contribution in [2.24, 2.45) is 46.3 Å². The highest BCUT2D eigenvalue weighted by Gasteiger charge is 2.59. The van der Waals surface area contributed by atoms with E-state index in [0.717, 1.165) is 82.6 Å². The number of phenolic OH excluding ortho intramolecular Hbond substituents is 1. The molecule has 4 aliphatic rings. The van der Waals surface area contributed by atoms with Crippen LogP contribution < -0.4 is 21.7 Å². The van der Waals surface area contributed by atoms with Gasteiger partial charge in [-0.25, -0.2) is 4.98 Å². The Balaban J connectivity index is 0.776. The van der Waals surface area contributed by atoms with Crippen molar-refractivity contribution in [1.29, 1.82) is 0 Å². The van der Waals surface area contributed by atoms with E-state index in [1.807, 2.05) is 25.1 Å². The Morgan fingerprint density at radius 3 is 2.34 bits per heavy atom. The van der Waals surface area contributed by atoms with Crippen LogP contribution in [0.15, 0.2) is 60.4 Å². The number of nitrogens with two attached hydrogens (primary N) is 1. The molecule has 3 amide bonds. The molecule has 1 unspecified atom stereocenters. The molecule has 2 aromatic heterocycles. The van der Waals surface area contributed by atoms with Gasteiger partial charge in [0, 0.05) is 55.1 Å². The molecule has 3 saturated carbocycles. The molecule has 65 heavy (non-hydrogen) atoms. The van der Waals surface area contributed by atoms with E-state index in [2.05, 4.69) is 66.6 Å². The number of rotatable bonds is 19. The number of benzene rings is 1. The zero-order chi connectivity index (χ0) is 46.3. The van der Waals surface area contributed by atoms with Gasteiger partial charge in [0.25, 0.3) is 5.91 Å². The van der Waals surface area contributed by atoms with Crippen molar-refractivity contribution in [3.8, 4) is 28.0 Å². The molecule has 2 heterocycles. The molecule has 0 spiro atoms. The number of amides is 3. The predicted molar refractivity (Wildman–Crippen MR) is 259 cm³/mol. The highest BCUT2D eigenvalue weighted by Crippen LogP contribution is 2.67. The van der Waals surface area contributed by atoms with Crippen LogP contribution in [0.4, 0.5) is 5.82 Å². The lowest BCUT2D eigenvalue weighted by Crippen LogP contribution is -2.51. The Labute approximate surface area is 388 Å². The number of aromatic hydroxyl groups is 1. The molecular formula is C54H76N6O5. The number of carbonyl (C=O) groups excluding carboxylic acids is 3. The number of fused-ring (bicyclic) bond motifs is 5. The number of nitrogens with zero attached hydrogens (tertiary/aromatic N) is 2. The Kier molecular flexibility index (Phi) is 15.7. The Morgan fingerprint density at radius 2 is 1.60 bits per heavy atom. The van der Waals surface area contributed by atoms with Gasteiger partial charge in [-0.1, -0.05) is 90.7 Å². The second kappa shape index (κ2) is 21.2. The van der Waals surface area contributed by atoms with Gasteiger partial charge in [0.15, 0.2) is 0 Å². The van der Waals surface area contributed by atoms with E-state index >= 15 is 0 Å². The van der Waals surface area contributed by atoms with Crippen LogP contribution in [0.1, 0.15) is 141 Å². The van der Waals surface area contributed by atoms with E-state index in [1.165, 1.54) is 51.4 Å². The lowest BCUT2D eigenvalue weighted by Gasteiger charge is -2.58. The van der Waals surface area contributed by atoms with Crippen LogP contribution in [0.3, 0.4) is 0 Å². The maximum atomic E-state index is 12.9. The second-order valence-electron chi connectivity index (χ2n) is 20.8. The summed E-state index contributed by atoms with van der Waals surface area (Å²) in [5, 5.41) is 18.4. The second-order valence-corrected chi connectivity index (χ2v) is 20.8. The number of phenols is 1. The fourth-order valence-electron chi connectivity index (χ4n) is 12.9. The minimum Gasteiger partial charge on any atom is -0.508 e. The normalized spacial score (nSPS) is 26.3. The summed E-state index contributed by atoms with van der Waals surface area (Å²) in [6.45, 7) is 15.5. The number of ether oxygens (including phenoxy) is 1. The fraction of sp³-hybridized carbons (Fsp3) is 0.611. The van der Waals surface area contributed by atoms with Crippen molar-refractivity contribution in [3.63, 3.8) is 0 Å². The summed E-state index contributed by atoms with van der Waals surface area (Å²) < 4.78 is 6.20. The van der Waals surface area contributed by atoms with E-state index in [0.29, 0.717) is 37.2 Å². The first-order valence-corrected chi connectivity index (χ1v) is 24.9. The number of hydrogen-bond donors (Lipinski definition) is 5. The van der Waals surface area contributed by atoms with Crippen LogP contribution >= 0.6 is 0 Å². The third kappa shape index (κ3) is 10.9.